The zero-order valence-electron chi connectivity index (χ0n) is 13.2. The Kier molecular flexibility index (Phi) is 25.6. The van der Waals surface area contributed by atoms with Crippen LogP contribution in [-0.4, -0.2) is 37.7 Å². The fourth-order valence-electron chi connectivity index (χ4n) is 2.54. The van der Waals surface area contributed by atoms with E-state index in [9.17, 15) is 0 Å². The minimum absolute atomic E-state index is 0. The molecule has 0 rings (SSSR count). The zero-order valence-corrected chi connectivity index (χ0v) is 13.2. The third kappa shape index (κ3) is 21.7. The van der Waals surface area contributed by atoms with Crippen molar-refractivity contribution in [1.29, 1.82) is 0 Å². The van der Waals surface area contributed by atoms with Crippen molar-refractivity contribution >= 4 is 37.7 Å². The molecule has 0 saturated heterocycles. The van der Waals surface area contributed by atoms with Crippen LogP contribution in [0.5, 0.6) is 0 Å². The first-order valence-corrected chi connectivity index (χ1v) is 8.69. The fourth-order valence-corrected chi connectivity index (χ4v) is 2.54. The standard InChI is InChI=1S/C18H37.Ca.2H/c1-3-5-7-9-11-13-15-17-18-16-14-12-10-8-6-4-2;;;/h3H,4-18H2,1-2H3;;;. The average Bonchev–Trinajstić information content (AvgIpc) is 2.39. The van der Waals surface area contributed by atoms with Gasteiger partial charge in [-0.05, 0) is 6.42 Å². The second-order valence-corrected chi connectivity index (χ2v) is 5.79. The molecule has 0 saturated carbocycles. The third-order valence-corrected chi connectivity index (χ3v) is 3.85. The average molecular weight is 296 g/mol. The molecule has 0 aromatic rings. The molecule has 0 N–H and O–H groups in total. The van der Waals surface area contributed by atoms with Gasteiger partial charge in [0.2, 0.25) is 0 Å². The second kappa shape index (κ2) is 21.6. The van der Waals surface area contributed by atoms with E-state index in [1.165, 1.54) is 96.3 Å². The van der Waals surface area contributed by atoms with E-state index < -0.39 is 0 Å². The van der Waals surface area contributed by atoms with Gasteiger partial charge in [-0.25, -0.2) is 0 Å². The summed E-state index contributed by atoms with van der Waals surface area (Å²) in [5.74, 6) is 0. The van der Waals surface area contributed by atoms with Gasteiger partial charge in [-0.3, -0.25) is 0 Å². The van der Waals surface area contributed by atoms with Gasteiger partial charge in [0.05, 0.1) is 0 Å². The van der Waals surface area contributed by atoms with E-state index in [0.29, 0.717) is 0 Å². The van der Waals surface area contributed by atoms with E-state index in [0.717, 1.165) is 0 Å². The Balaban J connectivity index is 0. The van der Waals surface area contributed by atoms with Crippen LogP contribution in [-0.2, 0) is 0 Å². The number of unbranched alkanes of at least 4 members (excludes halogenated alkanes) is 15. The second-order valence-electron chi connectivity index (χ2n) is 5.79. The van der Waals surface area contributed by atoms with Crippen LogP contribution in [0.1, 0.15) is 110 Å². The Morgan fingerprint density at radius 1 is 0.526 bits per heavy atom. The van der Waals surface area contributed by atoms with Gasteiger partial charge in [-0.15, -0.1) is 0 Å². The Bertz CT molecular complexity index is 118. The van der Waals surface area contributed by atoms with Gasteiger partial charge in [0.15, 0.2) is 0 Å². The van der Waals surface area contributed by atoms with Gasteiger partial charge in [0, 0.05) is 0 Å². The van der Waals surface area contributed by atoms with E-state index >= 15 is 0 Å². The van der Waals surface area contributed by atoms with Crippen molar-refractivity contribution in [3.63, 3.8) is 0 Å². The first-order valence-electron chi connectivity index (χ1n) is 8.69. The van der Waals surface area contributed by atoms with E-state index in [1.54, 1.807) is 0 Å². The number of rotatable bonds is 15. The Hall–Kier alpha value is 1.26. The quantitative estimate of drug-likeness (QED) is 0.250. The Morgan fingerprint density at radius 3 is 1.16 bits per heavy atom. The molecule has 0 bridgehead atoms. The molecule has 0 nitrogen and oxygen atoms in total. The van der Waals surface area contributed by atoms with Crippen LogP contribution in [0.3, 0.4) is 0 Å². The molecule has 0 aromatic carbocycles. The molecule has 0 fully saturated rings. The predicted octanol–water partition coefficient (Wildman–Crippen LogP) is 6.17. The molecule has 0 heterocycles. The summed E-state index contributed by atoms with van der Waals surface area (Å²) in [6.07, 6.45) is 24.0. The maximum atomic E-state index is 2.29. The predicted molar refractivity (Wildman–Crippen MR) is 93.4 cm³/mol. The summed E-state index contributed by atoms with van der Waals surface area (Å²) >= 11 is 0. The van der Waals surface area contributed by atoms with Gasteiger partial charge in [-0.2, -0.15) is 0 Å². The van der Waals surface area contributed by atoms with E-state index in [-0.39, 0.29) is 37.7 Å². The zero-order chi connectivity index (χ0) is 13.3. The van der Waals surface area contributed by atoms with Crippen molar-refractivity contribution in [2.45, 2.75) is 110 Å². The first-order chi connectivity index (χ1) is 8.91. The molecule has 113 valence electrons. The maximum absolute atomic E-state index is 2.29. The van der Waals surface area contributed by atoms with Crippen LogP contribution in [0.15, 0.2) is 0 Å². The van der Waals surface area contributed by atoms with Crippen molar-refractivity contribution in [2.24, 2.45) is 0 Å². The fraction of sp³-hybridized carbons (Fsp3) is 0.944. The third-order valence-electron chi connectivity index (χ3n) is 3.85. The summed E-state index contributed by atoms with van der Waals surface area (Å²) < 4.78 is 0. The van der Waals surface area contributed by atoms with Crippen LogP contribution >= 0.6 is 0 Å². The molecular weight excluding hydrogens is 256 g/mol. The van der Waals surface area contributed by atoms with Gasteiger partial charge >= 0.3 is 37.7 Å². The summed E-state index contributed by atoms with van der Waals surface area (Å²) in [5.41, 5.74) is 0. The molecule has 0 aliphatic rings. The molecule has 1 radical (unpaired) electrons. The minimum atomic E-state index is 0. The van der Waals surface area contributed by atoms with E-state index in [1.807, 2.05) is 0 Å². The molecule has 0 aromatic heterocycles. The molecule has 1 heteroatoms. The van der Waals surface area contributed by atoms with Crippen molar-refractivity contribution in [3.05, 3.63) is 6.42 Å². The summed E-state index contributed by atoms with van der Waals surface area (Å²) in [6.45, 7) is 4.46. The Labute approximate surface area is 153 Å². The van der Waals surface area contributed by atoms with Crippen LogP contribution in [0.2, 0.25) is 0 Å². The first kappa shape index (κ1) is 22.5. The van der Waals surface area contributed by atoms with Gasteiger partial charge in [0.25, 0.3) is 0 Å². The van der Waals surface area contributed by atoms with Crippen molar-refractivity contribution in [1.82, 2.24) is 0 Å². The topological polar surface area (TPSA) is 0 Å². The van der Waals surface area contributed by atoms with E-state index in [2.05, 4.69) is 20.3 Å². The molecule has 0 aliphatic heterocycles. The normalized spacial score (nSPS) is 10.4. The number of hydrogen-bond acceptors (Lipinski definition) is 0. The summed E-state index contributed by atoms with van der Waals surface area (Å²) in [5, 5.41) is 0. The van der Waals surface area contributed by atoms with Crippen molar-refractivity contribution < 1.29 is 0 Å². The van der Waals surface area contributed by atoms with Gasteiger partial charge in [0.1, 0.15) is 0 Å². The van der Waals surface area contributed by atoms with Crippen LogP contribution < -0.4 is 0 Å². The molecule has 0 spiro atoms. The van der Waals surface area contributed by atoms with Crippen LogP contribution in [0, 0.1) is 6.42 Å². The Morgan fingerprint density at radius 2 is 0.842 bits per heavy atom. The van der Waals surface area contributed by atoms with Crippen LogP contribution in [0.4, 0.5) is 0 Å². The van der Waals surface area contributed by atoms with Crippen molar-refractivity contribution in [3.8, 4) is 0 Å². The summed E-state index contributed by atoms with van der Waals surface area (Å²) in [6, 6.07) is 0. The monoisotopic (exact) mass is 295 g/mol. The molecule has 0 unspecified atom stereocenters. The van der Waals surface area contributed by atoms with Crippen LogP contribution in [0.25, 0.3) is 0 Å². The number of hydrogen-bond donors (Lipinski definition) is 0. The van der Waals surface area contributed by atoms with Gasteiger partial charge in [-0.1, -0.05) is 110 Å². The van der Waals surface area contributed by atoms with Crippen molar-refractivity contribution in [2.75, 3.05) is 0 Å². The molecular formula is C18H39Ca. The summed E-state index contributed by atoms with van der Waals surface area (Å²) in [7, 11) is 0. The SMILES string of the molecule is C[CH]CCCCCCCCCCCCCCCC.[CaH2]. The van der Waals surface area contributed by atoms with Gasteiger partial charge < -0.3 is 0 Å². The van der Waals surface area contributed by atoms with E-state index in [4.69, 9.17) is 0 Å². The molecule has 0 atom stereocenters. The summed E-state index contributed by atoms with van der Waals surface area (Å²) in [4.78, 5) is 0. The molecule has 0 amide bonds. The molecule has 0 aliphatic carbocycles. The molecule has 19 heavy (non-hydrogen) atoms.